The van der Waals surface area contributed by atoms with Gasteiger partial charge in [0.1, 0.15) is 12.1 Å². The lowest BCUT2D eigenvalue weighted by Gasteiger charge is -2.10. The number of hydrogen-bond acceptors (Lipinski definition) is 7. The van der Waals surface area contributed by atoms with E-state index >= 15 is 0 Å². The molecule has 0 fully saturated rings. The van der Waals surface area contributed by atoms with Crippen LogP contribution in [0.1, 0.15) is 0 Å². The van der Waals surface area contributed by atoms with Crippen molar-refractivity contribution in [3.05, 3.63) is 73.3 Å². The Morgan fingerprint density at radius 2 is 1.77 bits per heavy atom. The Balaban J connectivity index is 1.20. The quantitative estimate of drug-likeness (QED) is 0.508. The third-order valence-electron chi connectivity index (χ3n) is 4.33. The van der Waals surface area contributed by atoms with E-state index < -0.39 is 0 Å². The maximum Gasteiger partial charge on any atom is 0.323 e. The highest BCUT2D eigenvalue weighted by atomic mass is 16.7. The van der Waals surface area contributed by atoms with E-state index in [1.165, 1.54) is 6.33 Å². The monoisotopic (exact) mass is 416 g/mol. The average Bonchev–Trinajstić information content (AvgIpc) is 3.47. The van der Waals surface area contributed by atoms with Gasteiger partial charge >= 0.3 is 6.03 Å². The maximum atomic E-state index is 12.3. The lowest BCUT2D eigenvalue weighted by Crippen LogP contribution is -2.19. The molecule has 2 amide bonds. The Morgan fingerprint density at radius 1 is 0.968 bits per heavy atom. The van der Waals surface area contributed by atoms with Crippen LogP contribution in [0, 0.1) is 0 Å². The van der Waals surface area contributed by atoms with Crippen molar-refractivity contribution in [2.75, 3.05) is 17.4 Å². The fraction of sp³-hybridized carbons (Fsp3) is 0.0476. The smallest absolute Gasteiger partial charge is 0.323 e. The second-order valence-electron chi connectivity index (χ2n) is 6.44. The fourth-order valence-electron chi connectivity index (χ4n) is 2.91. The highest BCUT2D eigenvalue weighted by molar-refractivity contribution is 6.00. The van der Waals surface area contributed by atoms with Crippen LogP contribution in [0.4, 0.5) is 16.2 Å². The van der Waals surface area contributed by atoms with Gasteiger partial charge < -0.3 is 24.8 Å². The number of benzene rings is 2. The zero-order valence-electron chi connectivity index (χ0n) is 16.1. The van der Waals surface area contributed by atoms with E-state index in [2.05, 4.69) is 25.7 Å². The Bertz CT molecular complexity index is 1210. The van der Waals surface area contributed by atoms with Gasteiger partial charge in [0, 0.05) is 35.9 Å². The van der Waals surface area contributed by atoms with E-state index in [-0.39, 0.29) is 12.8 Å². The molecule has 0 saturated heterocycles. The molecule has 0 bridgehead atoms. The van der Waals surface area contributed by atoms with Gasteiger partial charge in [-0.2, -0.15) is 5.10 Å². The van der Waals surface area contributed by atoms with Crippen LogP contribution in [-0.2, 0) is 0 Å². The zero-order valence-corrected chi connectivity index (χ0v) is 16.1. The minimum atomic E-state index is -0.382. The Morgan fingerprint density at radius 3 is 2.61 bits per heavy atom. The molecule has 0 spiro atoms. The van der Waals surface area contributed by atoms with Crippen molar-refractivity contribution in [2.45, 2.75) is 0 Å². The van der Waals surface area contributed by atoms with Gasteiger partial charge in [-0.05, 0) is 42.5 Å². The number of fused-ring (bicyclic) bond motifs is 1. The summed E-state index contributed by atoms with van der Waals surface area (Å²) >= 11 is 0. The molecule has 1 aliphatic rings. The van der Waals surface area contributed by atoms with Crippen molar-refractivity contribution in [3.63, 3.8) is 0 Å². The topological polar surface area (TPSA) is 112 Å². The van der Waals surface area contributed by atoms with Crippen molar-refractivity contribution >= 4 is 17.4 Å². The largest absolute Gasteiger partial charge is 0.454 e. The van der Waals surface area contributed by atoms with E-state index in [0.717, 1.165) is 0 Å². The lowest BCUT2D eigenvalue weighted by molar-refractivity contribution is 0.174. The molecule has 2 aromatic carbocycles. The first-order valence-electron chi connectivity index (χ1n) is 9.31. The molecule has 2 aromatic heterocycles. The van der Waals surface area contributed by atoms with E-state index in [0.29, 0.717) is 40.3 Å². The van der Waals surface area contributed by atoms with E-state index in [4.69, 9.17) is 14.2 Å². The third kappa shape index (κ3) is 4.22. The van der Waals surface area contributed by atoms with Gasteiger partial charge in [-0.3, -0.25) is 0 Å². The van der Waals surface area contributed by atoms with Crippen LogP contribution in [0.2, 0.25) is 0 Å². The molecule has 4 aromatic rings. The number of carbonyl (C=O) groups is 1. The predicted octanol–water partition coefficient (Wildman–Crippen LogP) is 3.83. The molecule has 2 N–H and O–H groups in total. The molecule has 10 nitrogen and oxygen atoms in total. The molecule has 5 rings (SSSR count). The summed E-state index contributed by atoms with van der Waals surface area (Å²) in [6.07, 6.45) is 4.85. The van der Waals surface area contributed by atoms with E-state index in [9.17, 15) is 4.79 Å². The van der Waals surface area contributed by atoms with Crippen LogP contribution < -0.4 is 24.8 Å². The molecule has 3 heterocycles. The van der Waals surface area contributed by atoms with Crippen LogP contribution in [0.15, 0.2) is 73.3 Å². The summed E-state index contributed by atoms with van der Waals surface area (Å²) in [7, 11) is 0. The highest BCUT2D eigenvalue weighted by Gasteiger charge is 2.14. The number of urea groups is 1. The normalized spacial score (nSPS) is 11.7. The number of nitrogens with one attached hydrogen (secondary N) is 2. The molecule has 0 atom stereocenters. The number of carbonyl (C=O) groups excluding carboxylic acids is 1. The molecule has 0 unspecified atom stereocenters. The summed E-state index contributed by atoms with van der Waals surface area (Å²) in [4.78, 5) is 20.5. The molecule has 1 aliphatic heterocycles. The SMILES string of the molecule is O=C(Nc1ccc(Oc2cc(-n3cccn3)ncn2)cc1)Nc1ccc2c(c1)OCO2. The first kappa shape index (κ1) is 18.4. The number of anilines is 2. The average molecular weight is 416 g/mol. The van der Waals surface area contributed by atoms with Crippen LogP contribution in [0.25, 0.3) is 5.82 Å². The summed E-state index contributed by atoms with van der Waals surface area (Å²) < 4.78 is 17.9. The van der Waals surface area contributed by atoms with Gasteiger partial charge in [0.15, 0.2) is 17.3 Å². The minimum Gasteiger partial charge on any atom is -0.454 e. The predicted molar refractivity (Wildman–Crippen MR) is 111 cm³/mol. The summed E-state index contributed by atoms with van der Waals surface area (Å²) in [5.74, 6) is 2.78. The Kier molecular flexibility index (Phi) is 4.77. The fourth-order valence-corrected chi connectivity index (χ4v) is 2.91. The standard InChI is InChI=1S/C21H16N6O4/c28-21(26-15-4-7-17-18(10-15)30-13-29-17)25-14-2-5-16(6-3-14)31-20-11-19(22-12-23-20)27-9-1-8-24-27/h1-12H,13H2,(H2,25,26,28). The number of nitrogens with zero attached hydrogens (tertiary/aromatic N) is 4. The first-order valence-corrected chi connectivity index (χ1v) is 9.31. The molecule has 154 valence electrons. The summed E-state index contributed by atoms with van der Waals surface area (Å²) in [6, 6.07) is 15.2. The number of ether oxygens (including phenoxy) is 3. The Labute approximate surface area is 176 Å². The van der Waals surface area contributed by atoms with Crippen LogP contribution in [0.3, 0.4) is 0 Å². The summed E-state index contributed by atoms with van der Waals surface area (Å²) in [5, 5.41) is 9.65. The van der Waals surface area contributed by atoms with Gasteiger partial charge in [0.05, 0.1) is 0 Å². The molecule has 0 aliphatic carbocycles. The van der Waals surface area contributed by atoms with Gasteiger partial charge in [-0.25, -0.2) is 19.4 Å². The first-order chi connectivity index (χ1) is 15.2. The number of rotatable bonds is 5. The van der Waals surface area contributed by atoms with Crippen LogP contribution in [0.5, 0.6) is 23.1 Å². The molecule has 31 heavy (non-hydrogen) atoms. The van der Waals surface area contributed by atoms with E-state index in [1.807, 2.05) is 0 Å². The van der Waals surface area contributed by atoms with Crippen molar-refractivity contribution in [1.82, 2.24) is 19.7 Å². The number of hydrogen-bond donors (Lipinski definition) is 2. The van der Waals surface area contributed by atoms with Crippen molar-refractivity contribution in [2.24, 2.45) is 0 Å². The van der Waals surface area contributed by atoms with Gasteiger partial charge in [0.25, 0.3) is 0 Å². The van der Waals surface area contributed by atoms with Crippen LogP contribution >= 0.6 is 0 Å². The van der Waals surface area contributed by atoms with Crippen molar-refractivity contribution in [1.29, 1.82) is 0 Å². The summed E-state index contributed by atoms with van der Waals surface area (Å²) in [5.41, 5.74) is 1.20. The Hall–Kier alpha value is -4.60. The number of aromatic nitrogens is 4. The van der Waals surface area contributed by atoms with Crippen molar-refractivity contribution in [3.8, 4) is 28.9 Å². The van der Waals surface area contributed by atoms with Crippen LogP contribution in [-0.4, -0.2) is 32.6 Å². The molecular weight excluding hydrogens is 400 g/mol. The van der Waals surface area contributed by atoms with E-state index in [1.54, 1.807) is 71.7 Å². The van der Waals surface area contributed by atoms with Gasteiger partial charge in [0.2, 0.25) is 12.7 Å². The maximum absolute atomic E-state index is 12.3. The van der Waals surface area contributed by atoms with Gasteiger partial charge in [-0.15, -0.1) is 0 Å². The van der Waals surface area contributed by atoms with Gasteiger partial charge in [-0.1, -0.05) is 0 Å². The number of amides is 2. The molecule has 0 saturated carbocycles. The second kappa shape index (κ2) is 8.03. The highest BCUT2D eigenvalue weighted by Crippen LogP contribution is 2.34. The minimum absolute atomic E-state index is 0.180. The second-order valence-corrected chi connectivity index (χ2v) is 6.44. The molecular formula is C21H16N6O4. The third-order valence-corrected chi connectivity index (χ3v) is 4.33. The molecule has 0 radical (unpaired) electrons. The zero-order chi connectivity index (χ0) is 21.0. The summed E-state index contributed by atoms with van der Waals surface area (Å²) in [6.45, 7) is 0.180. The molecule has 10 heteroatoms. The lowest BCUT2D eigenvalue weighted by atomic mass is 10.3. The van der Waals surface area contributed by atoms with Crippen molar-refractivity contribution < 1.29 is 19.0 Å².